The fourth-order valence-corrected chi connectivity index (χ4v) is 5.08. The van der Waals surface area contributed by atoms with Gasteiger partial charge in [0, 0.05) is 32.4 Å². The molecule has 0 aliphatic carbocycles. The van der Waals surface area contributed by atoms with E-state index in [0.29, 0.717) is 23.9 Å². The highest BCUT2D eigenvalue weighted by molar-refractivity contribution is 7.99. The first kappa shape index (κ1) is 16.7. The van der Waals surface area contributed by atoms with Gasteiger partial charge in [-0.3, -0.25) is 4.79 Å². The van der Waals surface area contributed by atoms with Crippen LogP contribution >= 0.6 is 11.8 Å². The third kappa shape index (κ3) is 3.87. The van der Waals surface area contributed by atoms with Crippen LogP contribution in [-0.4, -0.2) is 60.4 Å². The normalized spacial score (nSPS) is 19.4. The largest absolute Gasteiger partial charge is 0.342 e. The molecule has 0 radical (unpaired) electrons. The lowest BCUT2D eigenvalue weighted by molar-refractivity contribution is -0.127. The molecule has 2 aliphatic rings. The zero-order valence-corrected chi connectivity index (χ0v) is 14.6. The van der Waals surface area contributed by atoms with Crippen molar-refractivity contribution >= 4 is 27.7 Å². The number of aromatic nitrogens is 1. The Morgan fingerprint density at radius 3 is 2.35 bits per heavy atom. The van der Waals surface area contributed by atoms with E-state index < -0.39 is 10.0 Å². The average molecular weight is 355 g/mol. The summed E-state index contributed by atoms with van der Waals surface area (Å²) in [5.41, 5.74) is 0. The molecule has 126 valence electrons. The van der Waals surface area contributed by atoms with Crippen molar-refractivity contribution in [1.82, 2.24) is 14.2 Å². The Hall–Kier alpha value is -1.12. The molecule has 0 unspecified atom stereocenters. The smallest absolute Gasteiger partial charge is 0.244 e. The predicted octanol–water partition coefficient (Wildman–Crippen LogP) is 1.58. The minimum absolute atomic E-state index is 0.128. The summed E-state index contributed by atoms with van der Waals surface area (Å²) < 4.78 is 26.3. The van der Waals surface area contributed by atoms with Crippen LogP contribution in [0.25, 0.3) is 0 Å². The molecule has 23 heavy (non-hydrogen) atoms. The SMILES string of the molecule is O=C(CSc1ccc(S(=O)(=O)N2CCCC2)cn1)N1CCCC1. The highest BCUT2D eigenvalue weighted by Gasteiger charge is 2.27. The van der Waals surface area contributed by atoms with Crippen LogP contribution in [0.3, 0.4) is 0 Å². The minimum atomic E-state index is -3.41. The van der Waals surface area contributed by atoms with E-state index in [0.717, 1.165) is 38.8 Å². The maximum absolute atomic E-state index is 12.4. The van der Waals surface area contributed by atoms with E-state index in [9.17, 15) is 13.2 Å². The van der Waals surface area contributed by atoms with Crippen LogP contribution < -0.4 is 0 Å². The Balaban J connectivity index is 1.59. The quantitative estimate of drug-likeness (QED) is 0.750. The number of sulfonamides is 1. The van der Waals surface area contributed by atoms with E-state index in [4.69, 9.17) is 0 Å². The fourth-order valence-electron chi connectivity index (χ4n) is 2.88. The fraction of sp³-hybridized carbons (Fsp3) is 0.600. The first-order chi connectivity index (χ1) is 11.1. The van der Waals surface area contributed by atoms with Gasteiger partial charge in [-0.05, 0) is 37.8 Å². The second kappa shape index (κ2) is 7.19. The number of thioether (sulfide) groups is 1. The molecular weight excluding hydrogens is 334 g/mol. The third-order valence-electron chi connectivity index (χ3n) is 4.21. The summed E-state index contributed by atoms with van der Waals surface area (Å²) >= 11 is 1.36. The molecule has 3 heterocycles. The molecule has 2 fully saturated rings. The van der Waals surface area contributed by atoms with Crippen molar-refractivity contribution in [3.8, 4) is 0 Å². The second-order valence-corrected chi connectivity index (χ2v) is 8.75. The van der Waals surface area contributed by atoms with Gasteiger partial charge in [0.15, 0.2) is 0 Å². The summed E-state index contributed by atoms with van der Waals surface area (Å²) in [6.45, 7) is 2.87. The van der Waals surface area contributed by atoms with E-state index in [2.05, 4.69) is 4.98 Å². The maximum atomic E-state index is 12.4. The summed E-state index contributed by atoms with van der Waals surface area (Å²) in [6.07, 6.45) is 5.39. The lowest BCUT2D eigenvalue weighted by Gasteiger charge is -2.16. The zero-order valence-electron chi connectivity index (χ0n) is 13.0. The number of likely N-dealkylation sites (tertiary alicyclic amines) is 1. The Bertz CT molecular complexity index is 649. The summed E-state index contributed by atoms with van der Waals surface area (Å²) in [5.74, 6) is 0.480. The van der Waals surface area contributed by atoms with E-state index in [1.165, 1.54) is 22.3 Å². The van der Waals surface area contributed by atoms with Crippen molar-refractivity contribution in [3.63, 3.8) is 0 Å². The molecule has 1 aromatic heterocycles. The number of carbonyl (C=O) groups is 1. The number of hydrogen-bond donors (Lipinski definition) is 0. The third-order valence-corrected chi connectivity index (χ3v) is 7.03. The molecule has 8 heteroatoms. The number of hydrogen-bond acceptors (Lipinski definition) is 5. The average Bonchev–Trinajstić information content (AvgIpc) is 3.25. The van der Waals surface area contributed by atoms with Gasteiger partial charge >= 0.3 is 0 Å². The number of amides is 1. The zero-order chi connectivity index (χ0) is 16.3. The van der Waals surface area contributed by atoms with Gasteiger partial charge in [-0.1, -0.05) is 11.8 Å². The second-order valence-electron chi connectivity index (χ2n) is 5.82. The standard InChI is InChI=1S/C15H21N3O3S2/c19-15(17-7-1-2-8-17)12-22-14-6-5-13(11-16-14)23(20,21)18-9-3-4-10-18/h5-6,11H,1-4,7-10,12H2. The molecule has 0 saturated carbocycles. The molecular formula is C15H21N3O3S2. The topological polar surface area (TPSA) is 70.6 Å². The molecule has 0 N–H and O–H groups in total. The van der Waals surface area contributed by atoms with Crippen LogP contribution in [0, 0.1) is 0 Å². The first-order valence-electron chi connectivity index (χ1n) is 7.94. The van der Waals surface area contributed by atoms with Crippen LogP contribution in [0.5, 0.6) is 0 Å². The highest BCUT2D eigenvalue weighted by atomic mass is 32.2. The van der Waals surface area contributed by atoms with Crippen LogP contribution in [0.15, 0.2) is 28.3 Å². The number of nitrogens with zero attached hydrogens (tertiary/aromatic N) is 3. The van der Waals surface area contributed by atoms with Gasteiger partial charge in [0.1, 0.15) is 4.90 Å². The van der Waals surface area contributed by atoms with Gasteiger partial charge in [-0.25, -0.2) is 13.4 Å². The highest BCUT2D eigenvalue weighted by Crippen LogP contribution is 2.23. The molecule has 0 spiro atoms. The summed E-state index contributed by atoms with van der Waals surface area (Å²) in [4.78, 5) is 18.3. The number of rotatable bonds is 5. The van der Waals surface area contributed by atoms with Crippen LogP contribution in [0.2, 0.25) is 0 Å². The van der Waals surface area contributed by atoms with E-state index >= 15 is 0 Å². The lowest BCUT2D eigenvalue weighted by Crippen LogP contribution is -2.29. The van der Waals surface area contributed by atoms with Crippen molar-refractivity contribution in [2.75, 3.05) is 31.9 Å². The Morgan fingerprint density at radius 2 is 1.74 bits per heavy atom. The summed E-state index contributed by atoms with van der Waals surface area (Å²) in [6, 6.07) is 3.27. The lowest BCUT2D eigenvalue weighted by atomic mass is 10.4. The van der Waals surface area contributed by atoms with Crippen LogP contribution in [0.1, 0.15) is 25.7 Å². The van der Waals surface area contributed by atoms with Gasteiger partial charge in [0.05, 0.1) is 10.8 Å². The van der Waals surface area contributed by atoms with Crippen molar-refractivity contribution < 1.29 is 13.2 Å². The summed E-state index contributed by atoms with van der Waals surface area (Å²) in [7, 11) is -3.41. The molecule has 1 amide bonds. The van der Waals surface area contributed by atoms with Crippen molar-refractivity contribution in [1.29, 1.82) is 0 Å². The van der Waals surface area contributed by atoms with Gasteiger partial charge in [0.25, 0.3) is 0 Å². The van der Waals surface area contributed by atoms with Crippen molar-refractivity contribution in [2.24, 2.45) is 0 Å². The molecule has 0 atom stereocenters. The molecule has 3 rings (SSSR count). The maximum Gasteiger partial charge on any atom is 0.244 e. The molecule has 6 nitrogen and oxygen atoms in total. The van der Waals surface area contributed by atoms with Crippen molar-refractivity contribution in [3.05, 3.63) is 18.3 Å². The first-order valence-corrected chi connectivity index (χ1v) is 10.4. The Morgan fingerprint density at radius 1 is 1.09 bits per heavy atom. The molecule has 0 aromatic carbocycles. The number of pyridine rings is 1. The molecule has 1 aromatic rings. The monoisotopic (exact) mass is 355 g/mol. The van der Waals surface area contributed by atoms with Crippen LogP contribution in [0.4, 0.5) is 0 Å². The Labute approximate surface area is 141 Å². The summed E-state index contributed by atoms with van der Waals surface area (Å²) in [5, 5.41) is 0.679. The van der Waals surface area contributed by atoms with E-state index in [-0.39, 0.29) is 10.8 Å². The van der Waals surface area contributed by atoms with E-state index in [1.807, 2.05) is 4.90 Å². The van der Waals surface area contributed by atoms with Gasteiger partial charge in [-0.15, -0.1) is 0 Å². The molecule has 0 bridgehead atoms. The van der Waals surface area contributed by atoms with Crippen LogP contribution in [-0.2, 0) is 14.8 Å². The van der Waals surface area contributed by atoms with Crippen molar-refractivity contribution in [2.45, 2.75) is 35.6 Å². The minimum Gasteiger partial charge on any atom is -0.342 e. The van der Waals surface area contributed by atoms with Gasteiger partial charge in [0.2, 0.25) is 15.9 Å². The number of carbonyl (C=O) groups excluding carboxylic acids is 1. The van der Waals surface area contributed by atoms with Gasteiger partial charge in [-0.2, -0.15) is 4.31 Å². The Kier molecular flexibility index (Phi) is 5.23. The van der Waals surface area contributed by atoms with Gasteiger partial charge < -0.3 is 4.90 Å². The molecule has 2 aliphatic heterocycles. The predicted molar refractivity (Wildman–Crippen MR) is 88.8 cm³/mol. The molecule has 2 saturated heterocycles. The van der Waals surface area contributed by atoms with E-state index in [1.54, 1.807) is 12.1 Å².